The number of piperidine rings is 1. The molecule has 1 amide bonds. The first-order chi connectivity index (χ1) is 17.2. The molecule has 35 heavy (non-hydrogen) atoms. The van der Waals surface area contributed by atoms with Crippen LogP contribution in [0.5, 0.6) is 23.0 Å². The van der Waals surface area contributed by atoms with Gasteiger partial charge in [-0.2, -0.15) is 0 Å². The smallest absolute Gasteiger partial charge is 0.247 e. The Bertz CT molecular complexity index is 1180. The number of nitrogens with one attached hydrogen (secondary N) is 1. The van der Waals surface area contributed by atoms with E-state index in [1.165, 1.54) is 12.8 Å². The predicted molar refractivity (Wildman–Crippen MR) is 137 cm³/mol. The van der Waals surface area contributed by atoms with Crippen LogP contribution in [0.3, 0.4) is 0 Å². The zero-order valence-corrected chi connectivity index (χ0v) is 20.0. The van der Waals surface area contributed by atoms with Gasteiger partial charge in [-0.25, -0.2) is 0 Å². The van der Waals surface area contributed by atoms with Gasteiger partial charge in [0.1, 0.15) is 11.5 Å². The van der Waals surface area contributed by atoms with Crippen molar-refractivity contribution in [2.75, 3.05) is 13.7 Å². The van der Waals surface area contributed by atoms with E-state index in [4.69, 9.17) is 14.2 Å². The van der Waals surface area contributed by atoms with E-state index in [2.05, 4.69) is 17.4 Å². The maximum Gasteiger partial charge on any atom is 0.247 e. The lowest BCUT2D eigenvalue weighted by atomic mass is 9.87. The molecule has 5 heteroatoms. The summed E-state index contributed by atoms with van der Waals surface area (Å²) in [5.41, 5.74) is 2.89. The van der Waals surface area contributed by atoms with Crippen molar-refractivity contribution in [1.82, 2.24) is 5.32 Å². The standard InChI is InChI=1S/C30H31NO4/c1-33-28-16-13-22(19-29(28)35-26-9-5-6-10-26)24-18-23(30(32)31-20-24)17-21-11-14-27(15-12-21)34-25-7-3-2-4-8-25/h2-4,7-8,11-17,19,24,26H,5-6,9-10,18,20H2,1H3,(H,31,32). The summed E-state index contributed by atoms with van der Waals surface area (Å²) in [4.78, 5) is 12.6. The summed E-state index contributed by atoms with van der Waals surface area (Å²) >= 11 is 0. The van der Waals surface area contributed by atoms with Crippen LogP contribution < -0.4 is 19.5 Å². The number of para-hydroxylation sites is 1. The Hall–Kier alpha value is -3.73. The van der Waals surface area contributed by atoms with Crippen LogP contribution >= 0.6 is 0 Å². The number of benzene rings is 3. The molecule has 1 aliphatic heterocycles. The largest absolute Gasteiger partial charge is 0.493 e. The molecule has 1 unspecified atom stereocenters. The van der Waals surface area contributed by atoms with E-state index in [9.17, 15) is 4.79 Å². The van der Waals surface area contributed by atoms with Crippen molar-refractivity contribution in [2.45, 2.75) is 44.1 Å². The van der Waals surface area contributed by atoms with Gasteiger partial charge >= 0.3 is 0 Å². The SMILES string of the molecule is COc1ccc(C2CNC(=O)C(=Cc3ccc(Oc4ccccc4)cc3)C2)cc1OC1CCCC1. The van der Waals surface area contributed by atoms with Crippen LogP contribution in [0.4, 0.5) is 0 Å². The Morgan fingerprint density at radius 1 is 0.886 bits per heavy atom. The van der Waals surface area contributed by atoms with Gasteiger partial charge in [0, 0.05) is 18.0 Å². The van der Waals surface area contributed by atoms with Crippen molar-refractivity contribution >= 4 is 12.0 Å². The highest BCUT2D eigenvalue weighted by Gasteiger charge is 2.26. The number of carbonyl (C=O) groups is 1. The van der Waals surface area contributed by atoms with Crippen LogP contribution in [0, 0.1) is 0 Å². The van der Waals surface area contributed by atoms with Crippen LogP contribution in [0.15, 0.2) is 78.4 Å². The van der Waals surface area contributed by atoms with Crippen molar-refractivity contribution in [2.24, 2.45) is 0 Å². The number of carbonyl (C=O) groups excluding carboxylic acids is 1. The summed E-state index contributed by atoms with van der Waals surface area (Å²) in [6.45, 7) is 0.606. The molecule has 5 nitrogen and oxygen atoms in total. The van der Waals surface area contributed by atoms with E-state index in [1.54, 1.807) is 7.11 Å². The Balaban J connectivity index is 1.30. The van der Waals surface area contributed by atoms with Crippen LogP contribution in [-0.4, -0.2) is 25.7 Å². The van der Waals surface area contributed by atoms with Gasteiger partial charge in [-0.05, 0) is 85.7 Å². The minimum Gasteiger partial charge on any atom is -0.493 e. The minimum atomic E-state index is -0.0122. The summed E-state index contributed by atoms with van der Waals surface area (Å²) in [6.07, 6.45) is 7.51. The molecule has 5 rings (SSSR count). The summed E-state index contributed by atoms with van der Waals surface area (Å²) < 4.78 is 17.7. The number of methoxy groups -OCH3 is 1. The van der Waals surface area contributed by atoms with Crippen LogP contribution in [0.25, 0.3) is 6.08 Å². The third-order valence-electron chi connectivity index (χ3n) is 6.72. The fraction of sp³-hybridized carbons (Fsp3) is 0.300. The van der Waals surface area contributed by atoms with Crippen LogP contribution in [-0.2, 0) is 4.79 Å². The molecule has 2 fully saturated rings. The first-order valence-electron chi connectivity index (χ1n) is 12.3. The van der Waals surface area contributed by atoms with Crippen molar-refractivity contribution < 1.29 is 19.0 Å². The highest BCUT2D eigenvalue weighted by Crippen LogP contribution is 2.37. The van der Waals surface area contributed by atoms with E-state index < -0.39 is 0 Å². The zero-order chi connectivity index (χ0) is 24.0. The topological polar surface area (TPSA) is 56.8 Å². The maximum absolute atomic E-state index is 12.6. The zero-order valence-electron chi connectivity index (χ0n) is 20.0. The maximum atomic E-state index is 12.6. The summed E-state index contributed by atoms with van der Waals surface area (Å²) in [6, 6.07) is 23.6. The van der Waals surface area contributed by atoms with E-state index in [0.717, 1.165) is 52.5 Å². The number of amides is 1. The molecule has 0 bridgehead atoms. The number of ether oxygens (including phenoxy) is 3. The molecule has 1 atom stereocenters. The Morgan fingerprint density at radius 3 is 2.37 bits per heavy atom. The molecule has 0 radical (unpaired) electrons. The molecule has 1 N–H and O–H groups in total. The fourth-order valence-corrected chi connectivity index (χ4v) is 4.80. The summed E-state index contributed by atoms with van der Waals surface area (Å²) in [7, 11) is 1.67. The van der Waals surface area contributed by atoms with Crippen molar-refractivity contribution in [1.29, 1.82) is 0 Å². The quantitative estimate of drug-likeness (QED) is 0.402. The third kappa shape index (κ3) is 5.68. The average molecular weight is 470 g/mol. The third-order valence-corrected chi connectivity index (χ3v) is 6.72. The van der Waals surface area contributed by atoms with E-state index in [-0.39, 0.29) is 17.9 Å². The van der Waals surface area contributed by atoms with Gasteiger partial charge in [0.25, 0.3) is 0 Å². The van der Waals surface area contributed by atoms with E-state index in [1.807, 2.05) is 66.7 Å². The highest BCUT2D eigenvalue weighted by molar-refractivity contribution is 5.98. The second-order valence-electron chi connectivity index (χ2n) is 9.20. The van der Waals surface area contributed by atoms with E-state index >= 15 is 0 Å². The fourth-order valence-electron chi connectivity index (χ4n) is 4.80. The number of rotatable bonds is 7. The van der Waals surface area contributed by atoms with Gasteiger partial charge in [-0.3, -0.25) is 4.79 Å². The number of hydrogen-bond donors (Lipinski definition) is 1. The van der Waals surface area contributed by atoms with Crippen molar-refractivity contribution in [3.8, 4) is 23.0 Å². The Morgan fingerprint density at radius 2 is 1.63 bits per heavy atom. The van der Waals surface area contributed by atoms with Gasteiger partial charge < -0.3 is 19.5 Å². The predicted octanol–water partition coefficient (Wildman–Crippen LogP) is 6.50. The molecule has 3 aromatic rings. The normalized spacial score (nSPS) is 19.4. The first-order valence-corrected chi connectivity index (χ1v) is 12.3. The van der Waals surface area contributed by atoms with Crippen LogP contribution in [0.1, 0.15) is 49.1 Å². The molecular weight excluding hydrogens is 438 g/mol. The second kappa shape index (κ2) is 10.7. The molecule has 1 heterocycles. The number of hydrogen-bond acceptors (Lipinski definition) is 4. The minimum absolute atomic E-state index is 0.0122. The van der Waals surface area contributed by atoms with Gasteiger partial charge in [0.2, 0.25) is 5.91 Å². The molecule has 2 aliphatic rings. The van der Waals surface area contributed by atoms with Crippen molar-refractivity contribution in [3.05, 3.63) is 89.5 Å². The average Bonchev–Trinajstić information content (AvgIpc) is 3.40. The van der Waals surface area contributed by atoms with Gasteiger partial charge in [0.05, 0.1) is 13.2 Å². The van der Waals surface area contributed by atoms with Gasteiger partial charge in [-0.1, -0.05) is 36.4 Å². The molecule has 1 aliphatic carbocycles. The molecule has 180 valence electrons. The molecule has 1 saturated carbocycles. The van der Waals surface area contributed by atoms with Crippen molar-refractivity contribution in [3.63, 3.8) is 0 Å². The lowest BCUT2D eigenvalue weighted by Gasteiger charge is -2.26. The first kappa shape index (κ1) is 23.0. The van der Waals surface area contributed by atoms with Gasteiger partial charge in [0.15, 0.2) is 11.5 Å². The summed E-state index contributed by atoms with van der Waals surface area (Å²) in [5.74, 6) is 3.28. The molecule has 0 spiro atoms. The molecule has 3 aromatic carbocycles. The highest BCUT2D eigenvalue weighted by atomic mass is 16.5. The Labute approximate surface area is 206 Å². The Kier molecular flexibility index (Phi) is 7.03. The second-order valence-corrected chi connectivity index (χ2v) is 9.20. The monoisotopic (exact) mass is 469 g/mol. The van der Waals surface area contributed by atoms with Gasteiger partial charge in [-0.15, -0.1) is 0 Å². The molecular formula is C30H31NO4. The lowest BCUT2D eigenvalue weighted by molar-refractivity contribution is -0.118. The molecule has 1 saturated heterocycles. The lowest BCUT2D eigenvalue weighted by Crippen LogP contribution is -2.35. The van der Waals surface area contributed by atoms with Crippen LogP contribution in [0.2, 0.25) is 0 Å². The summed E-state index contributed by atoms with van der Waals surface area (Å²) in [5, 5.41) is 3.06. The van der Waals surface area contributed by atoms with E-state index in [0.29, 0.717) is 13.0 Å². The molecule has 0 aromatic heterocycles.